The number of carbonyl (C=O) groups excluding carboxylic acids is 1. The van der Waals surface area contributed by atoms with Crippen molar-refractivity contribution in [1.82, 2.24) is 9.78 Å². The van der Waals surface area contributed by atoms with Crippen LogP contribution in [-0.2, 0) is 11.0 Å². The van der Waals surface area contributed by atoms with Crippen molar-refractivity contribution in [2.45, 2.75) is 11.4 Å². The van der Waals surface area contributed by atoms with E-state index in [4.69, 9.17) is 9.93 Å². The monoisotopic (exact) mass is 241 g/mol. The van der Waals surface area contributed by atoms with Crippen molar-refractivity contribution < 1.29 is 17.8 Å². The van der Waals surface area contributed by atoms with Crippen LogP contribution in [0.5, 0.6) is 0 Å². The van der Waals surface area contributed by atoms with Gasteiger partial charge in [-0.2, -0.15) is 13.9 Å². The molecule has 0 aromatic carbocycles. The van der Waals surface area contributed by atoms with E-state index >= 15 is 0 Å². The number of nitrogens with two attached hydrogens (primary N) is 3. The van der Waals surface area contributed by atoms with Crippen molar-refractivity contribution >= 4 is 17.0 Å². The Morgan fingerprint density at radius 3 is 2.20 bits per heavy atom. The van der Waals surface area contributed by atoms with Gasteiger partial charge in [0.2, 0.25) is 0 Å². The van der Waals surface area contributed by atoms with Crippen molar-refractivity contribution in [3.63, 3.8) is 0 Å². The Morgan fingerprint density at radius 1 is 1.53 bits per heavy atom. The minimum atomic E-state index is -2.72. The number of halogens is 2. The summed E-state index contributed by atoms with van der Waals surface area (Å²) in [6.45, 7) is -2.72. The van der Waals surface area contributed by atoms with Gasteiger partial charge in [0.05, 0.1) is 11.1 Å². The number of primary amides is 2. The molecule has 1 aromatic heterocycles. The molecular weight excluding hydrogens is 232 g/mol. The molecule has 0 aliphatic carbocycles. The fraction of sp³-hybridized carbons (Fsp3) is 0.200. The minimum Gasteiger partial charge on any atom is -0.352 e. The highest BCUT2D eigenvalue weighted by Crippen LogP contribution is 2.10. The number of hydrogen-bond donors (Lipinski definition) is 3. The summed E-state index contributed by atoms with van der Waals surface area (Å²) < 4.78 is 34.5. The zero-order chi connectivity index (χ0) is 12.0. The fourth-order valence-electron chi connectivity index (χ4n) is 0.531. The first-order chi connectivity index (χ1) is 6.84. The molecule has 1 aromatic rings. The second-order valence-electron chi connectivity index (χ2n) is 2.13. The maximum atomic E-state index is 11.8. The lowest BCUT2D eigenvalue weighted by Crippen LogP contribution is -2.18. The van der Waals surface area contributed by atoms with Crippen LogP contribution in [0.4, 0.5) is 13.6 Å². The van der Waals surface area contributed by atoms with E-state index in [9.17, 15) is 13.0 Å². The number of amides is 2. The molecule has 1 atom stereocenters. The van der Waals surface area contributed by atoms with Crippen LogP contribution in [0, 0.1) is 0 Å². The summed E-state index contributed by atoms with van der Waals surface area (Å²) in [7, 11) is -1.74. The normalized spacial score (nSPS) is 11.7. The Labute approximate surface area is 85.8 Å². The van der Waals surface area contributed by atoms with E-state index in [0.717, 1.165) is 12.4 Å². The number of aromatic nitrogens is 2. The molecule has 0 aliphatic heterocycles. The van der Waals surface area contributed by atoms with Gasteiger partial charge in [0, 0.05) is 6.20 Å². The van der Waals surface area contributed by atoms with Crippen molar-refractivity contribution in [3.05, 3.63) is 12.4 Å². The third-order valence-corrected chi connectivity index (χ3v) is 1.69. The summed E-state index contributed by atoms with van der Waals surface area (Å²) in [5, 5.41) is 8.13. The summed E-state index contributed by atoms with van der Waals surface area (Å²) in [4.78, 5) is 9.09. The minimum absolute atomic E-state index is 0.0882. The summed E-state index contributed by atoms with van der Waals surface area (Å²) in [6, 6.07) is -0.833. The van der Waals surface area contributed by atoms with Gasteiger partial charge in [-0.3, -0.25) is 0 Å². The molecule has 15 heavy (non-hydrogen) atoms. The topological polar surface area (TPSA) is 130 Å². The van der Waals surface area contributed by atoms with Gasteiger partial charge in [-0.1, -0.05) is 0 Å². The van der Waals surface area contributed by atoms with Gasteiger partial charge in [0.25, 0.3) is 0 Å². The van der Waals surface area contributed by atoms with E-state index in [1.165, 1.54) is 0 Å². The maximum absolute atomic E-state index is 11.8. The first-order valence-corrected chi connectivity index (χ1v) is 4.59. The third-order valence-electron chi connectivity index (χ3n) is 1.01. The molecule has 0 saturated heterocycles. The van der Waals surface area contributed by atoms with Crippen molar-refractivity contribution in [3.8, 4) is 0 Å². The molecule has 86 valence electrons. The average molecular weight is 241 g/mol. The lowest BCUT2D eigenvalue weighted by Gasteiger charge is -1.94. The Hall–Kier alpha value is -1.55. The Morgan fingerprint density at radius 2 is 2.00 bits per heavy atom. The number of alkyl halides is 2. The van der Waals surface area contributed by atoms with Gasteiger partial charge in [-0.05, 0) is 0 Å². The highest BCUT2D eigenvalue weighted by Gasteiger charge is 2.08. The van der Waals surface area contributed by atoms with Crippen LogP contribution in [0.15, 0.2) is 17.3 Å². The van der Waals surface area contributed by atoms with Crippen molar-refractivity contribution in [1.29, 1.82) is 0 Å². The molecule has 10 heteroatoms. The van der Waals surface area contributed by atoms with Crippen LogP contribution in [0.25, 0.3) is 0 Å². The summed E-state index contributed by atoms with van der Waals surface area (Å²) in [5.41, 5.74) is 8.50. The quantitative estimate of drug-likeness (QED) is 0.631. The Kier molecular flexibility index (Phi) is 5.41. The molecule has 6 N–H and O–H groups in total. The first-order valence-electron chi connectivity index (χ1n) is 3.38. The largest absolute Gasteiger partial charge is 0.352 e. The zero-order valence-corrected chi connectivity index (χ0v) is 8.16. The van der Waals surface area contributed by atoms with E-state index in [1.54, 1.807) is 0 Å². The molecule has 0 aliphatic rings. The molecule has 1 rings (SSSR count). The van der Waals surface area contributed by atoms with Crippen LogP contribution >= 0.6 is 0 Å². The lowest BCUT2D eigenvalue weighted by molar-refractivity contribution is 0.0564. The van der Waals surface area contributed by atoms with E-state index in [-0.39, 0.29) is 4.90 Å². The van der Waals surface area contributed by atoms with Gasteiger partial charge >= 0.3 is 12.6 Å². The molecule has 0 bridgehead atoms. The van der Waals surface area contributed by atoms with Crippen LogP contribution in [-0.4, -0.2) is 20.0 Å². The van der Waals surface area contributed by atoms with E-state index in [1.807, 2.05) is 0 Å². The SMILES string of the molecule is NC(N)=O.NS(=O)c1cnn(C(F)F)c1. The lowest BCUT2D eigenvalue weighted by atomic mass is 10.7. The molecular formula is C5H9F2N5O2S. The van der Waals surface area contributed by atoms with Gasteiger partial charge in [-0.15, -0.1) is 0 Å². The van der Waals surface area contributed by atoms with E-state index in [2.05, 4.69) is 16.6 Å². The number of hydrogen-bond acceptors (Lipinski definition) is 3. The zero-order valence-electron chi connectivity index (χ0n) is 7.34. The number of rotatable bonds is 2. The molecule has 1 unspecified atom stereocenters. The first kappa shape index (κ1) is 13.4. The molecule has 0 fully saturated rings. The molecule has 2 amide bonds. The highest BCUT2D eigenvalue weighted by molar-refractivity contribution is 7.82. The predicted octanol–water partition coefficient (Wildman–Crippen LogP) is -0.717. The molecule has 0 saturated carbocycles. The molecule has 0 radical (unpaired) electrons. The molecule has 7 nitrogen and oxygen atoms in total. The van der Waals surface area contributed by atoms with Crippen molar-refractivity contribution in [2.24, 2.45) is 16.6 Å². The highest BCUT2D eigenvalue weighted by atomic mass is 32.2. The second kappa shape index (κ2) is 6.03. The van der Waals surface area contributed by atoms with Crippen LogP contribution in [0.3, 0.4) is 0 Å². The fourth-order valence-corrected chi connectivity index (χ4v) is 0.894. The number of nitrogens with zero attached hydrogens (tertiary/aromatic N) is 2. The maximum Gasteiger partial charge on any atom is 0.333 e. The van der Waals surface area contributed by atoms with Gasteiger partial charge in [0.1, 0.15) is 11.0 Å². The predicted molar refractivity (Wildman–Crippen MR) is 47.8 cm³/mol. The Bertz CT molecular complexity index is 351. The van der Waals surface area contributed by atoms with Gasteiger partial charge < -0.3 is 11.5 Å². The average Bonchev–Trinajstić information content (AvgIpc) is 2.49. The van der Waals surface area contributed by atoms with Gasteiger partial charge in [-0.25, -0.2) is 18.8 Å². The standard InChI is InChI=1S/C4H5F2N3OS.CH4N2O/c5-4(6)9-2-3(1-8-9)11(7)10;2-1(3)4/h1-2,4H,7H2;(H4,2,3,4). The Balaban J connectivity index is 0.000000423. The van der Waals surface area contributed by atoms with Crippen LogP contribution < -0.4 is 16.6 Å². The van der Waals surface area contributed by atoms with Gasteiger partial charge in [0.15, 0.2) is 0 Å². The smallest absolute Gasteiger partial charge is 0.333 e. The summed E-state index contributed by atoms with van der Waals surface area (Å²) in [5.74, 6) is 0. The van der Waals surface area contributed by atoms with E-state index < -0.39 is 23.6 Å². The van der Waals surface area contributed by atoms with Crippen molar-refractivity contribution in [2.75, 3.05) is 0 Å². The van der Waals surface area contributed by atoms with E-state index in [0.29, 0.717) is 4.68 Å². The number of carbonyl (C=O) groups is 1. The molecule has 1 heterocycles. The van der Waals surface area contributed by atoms with Crippen LogP contribution in [0.1, 0.15) is 6.55 Å². The summed E-state index contributed by atoms with van der Waals surface area (Å²) >= 11 is 0. The third kappa shape index (κ3) is 5.70. The second-order valence-corrected chi connectivity index (χ2v) is 3.20. The van der Waals surface area contributed by atoms with Crippen LogP contribution in [0.2, 0.25) is 0 Å². The molecule has 0 spiro atoms. The number of urea groups is 1. The summed E-state index contributed by atoms with van der Waals surface area (Å²) in [6.07, 6.45) is 1.99.